The van der Waals surface area contributed by atoms with Crippen molar-refractivity contribution in [2.75, 3.05) is 26.2 Å². The highest BCUT2D eigenvalue weighted by molar-refractivity contribution is 7.10. The monoisotopic (exact) mass is 339 g/mol. The SMILES string of the molecule is CC(C)CN1CCC(NC(=O)NCC(C)(O)c2cccs2)CC1. The molecule has 5 nitrogen and oxygen atoms in total. The molecule has 1 saturated heterocycles. The summed E-state index contributed by atoms with van der Waals surface area (Å²) in [6.07, 6.45) is 1.98. The molecule has 0 aliphatic carbocycles. The van der Waals surface area contributed by atoms with Crippen LogP contribution in [0.2, 0.25) is 0 Å². The van der Waals surface area contributed by atoms with Crippen LogP contribution in [0.5, 0.6) is 0 Å². The summed E-state index contributed by atoms with van der Waals surface area (Å²) in [5.74, 6) is 0.683. The molecule has 1 aromatic heterocycles. The van der Waals surface area contributed by atoms with Gasteiger partial charge in [-0.15, -0.1) is 11.3 Å². The molecule has 1 aliphatic rings. The fourth-order valence-corrected chi connectivity index (χ4v) is 3.72. The van der Waals surface area contributed by atoms with Crippen molar-refractivity contribution >= 4 is 17.4 Å². The number of hydrogen-bond acceptors (Lipinski definition) is 4. The number of thiophene rings is 1. The highest BCUT2D eigenvalue weighted by Crippen LogP contribution is 2.24. The van der Waals surface area contributed by atoms with E-state index in [0.29, 0.717) is 5.92 Å². The van der Waals surface area contributed by atoms with Gasteiger partial charge in [0, 0.05) is 30.6 Å². The largest absolute Gasteiger partial charge is 0.383 e. The molecule has 2 rings (SSSR count). The summed E-state index contributed by atoms with van der Waals surface area (Å²) in [5, 5.41) is 18.2. The fraction of sp³-hybridized carbons (Fsp3) is 0.706. The summed E-state index contributed by atoms with van der Waals surface area (Å²) in [6, 6.07) is 3.82. The van der Waals surface area contributed by atoms with Crippen molar-refractivity contribution in [3.05, 3.63) is 22.4 Å². The van der Waals surface area contributed by atoms with Crippen molar-refractivity contribution in [3.63, 3.8) is 0 Å². The van der Waals surface area contributed by atoms with Crippen LogP contribution in [-0.4, -0.2) is 48.3 Å². The molecule has 0 spiro atoms. The molecule has 6 heteroatoms. The van der Waals surface area contributed by atoms with Crippen molar-refractivity contribution in [2.45, 2.75) is 45.3 Å². The van der Waals surface area contributed by atoms with Crippen LogP contribution >= 0.6 is 11.3 Å². The van der Waals surface area contributed by atoms with Gasteiger partial charge < -0.3 is 20.6 Å². The van der Waals surface area contributed by atoms with E-state index in [1.807, 2.05) is 17.5 Å². The van der Waals surface area contributed by atoms with Crippen LogP contribution < -0.4 is 10.6 Å². The number of nitrogens with one attached hydrogen (secondary N) is 2. The van der Waals surface area contributed by atoms with E-state index in [1.165, 1.54) is 11.3 Å². The zero-order chi connectivity index (χ0) is 16.9. The average Bonchev–Trinajstić information content (AvgIpc) is 3.02. The molecule has 1 aromatic rings. The minimum Gasteiger partial charge on any atom is -0.383 e. The fourth-order valence-electron chi connectivity index (χ4n) is 2.94. The van der Waals surface area contributed by atoms with Gasteiger partial charge >= 0.3 is 6.03 Å². The van der Waals surface area contributed by atoms with Gasteiger partial charge in [0.1, 0.15) is 5.60 Å². The molecule has 2 amide bonds. The standard InChI is InChI=1S/C17H29N3O2S/c1-13(2)11-20-8-6-14(7-9-20)19-16(21)18-12-17(3,22)15-5-4-10-23-15/h4-5,10,13-14,22H,6-9,11-12H2,1-3H3,(H2,18,19,21). The Morgan fingerprint density at radius 1 is 1.48 bits per heavy atom. The predicted octanol–water partition coefficient (Wildman–Crippen LogP) is 2.38. The first-order valence-electron chi connectivity index (χ1n) is 8.40. The van der Waals surface area contributed by atoms with Gasteiger partial charge in [-0.2, -0.15) is 0 Å². The normalized spacial score (nSPS) is 19.5. The molecule has 0 radical (unpaired) electrons. The van der Waals surface area contributed by atoms with E-state index in [0.717, 1.165) is 37.4 Å². The molecule has 3 N–H and O–H groups in total. The number of carbonyl (C=O) groups excluding carboxylic acids is 1. The molecular formula is C17H29N3O2S. The van der Waals surface area contributed by atoms with Crippen LogP contribution in [-0.2, 0) is 5.60 Å². The first-order chi connectivity index (χ1) is 10.9. The average molecular weight is 340 g/mol. The van der Waals surface area contributed by atoms with Crippen LogP contribution in [0.3, 0.4) is 0 Å². The Bertz CT molecular complexity index is 480. The highest BCUT2D eigenvalue weighted by atomic mass is 32.1. The molecule has 1 fully saturated rings. The lowest BCUT2D eigenvalue weighted by Gasteiger charge is -2.33. The van der Waals surface area contributed by atoms with Crippen molar-refractivity contribution in [1.29, 1.82) is 0 Å². The molecule has 0 saturated carbocycles. The van der Waals surface area contributed by atoms with Gasteiger partial charge in [0.15, 0.2) is 0 Å². The molecular weight excluding hydrogens is 310 g/mol. The zero-order valence-electron chi connectivity index (χ0n) is 14.3. The summed E-state index contributed by atoms with van der Waals surface area (Å²) in [7, 11) is 0. The van der Waals surface area contributed by atoms with E-state index < -0.39 is 5.60 Å². The molecule has 23 heavy (non-hydrogen) atoms. The summed E-state index contributed by atoms with van der Waals surface area (Å²) in [6.45, 7) is 9.61. The van der Waals surface area contributed by atoms with Crippen molar-refractivity contribution in [3.8, 4) is 0 Å². The van der Waals surface area contributed by atoms with Crippen LogP contribution in [0.15, 0.2) is 17.5 Å². The molecule has 0 aromatic carbocycles. The minimum atomic E-state index is -1.02. The Labute approximate surface area is 143 Å². The van der Waals surface area contributed by atoms with Gasteiger partial charge in [-0.1, -0.05) is 19.9 Å². The van der Waals surface area contributed by atoms with Gasteiger partial charge in [0.25, 0.3) is 0 Å². The number of aliphatic hydroxyl groups is 1. The molecule has 130 valence electrons. The lowest BCUT2D eigenvalue weighted by molar-refractivity contribution is 0.0628. The number of urea groups is 1. The minimum absolute atomic E-state index is 0.191. The first kappa shape index (κ1) is 18.2. The third-order valence-corrected chi connectivity index (χ3v) is 5.31. The predicted molar refractivity (Wildman–Crippen MR) is 94.7 cm³/mol. The van der Waals surface area contributed by atoms with E-state index in [2.05, 4.69) is 29.4 Å². The number of amides is 2. The quantitative estimate of drug-likeness (QED) is 0.745. The van der Waals surface area contributed by atoms with E-state index >= 15 is 0 Å². The molecule has 1 aliphatic heterocycles. The van der Waals surface area contributed by atoms with Crippen molar-refractivity contribution in [2.24, 2.45) is 5.92 Å². The molecule has 0 bridgehead atoms. The second-order valence-electron chi connectivity index (χ2n) is 7.05. The van der Waals surface area contributed by atoms with E-state index in [-0.39, 0.29) is 18.6 Å². The third kappa shape index (κ3) is 5.79. The van der Waals surface area contributed by atoms with E-state index in [4.69, 9.17) is 0 Å². The Kier molecular flexibility index (Phi) is 6.44. The Hall–Kier alpha value is -1.11. The number of likely N-dealkylation sites (tertiary alicyclic amines) is 1. The first-order valence-corrected chi connectivity index (χ1v) is 9.28. The van der Waals surface area contributed by atoms with Gasteiger partial charge in [0.2, 0.25) is 0 Å². The topological polar surface area (TPSA) is 64.6 Å². The van der Waals surface area contributed by atoms with Crippen LogP contribution in [0.1, 0.15) is 38.5 Å². The Morgan fingerprint density at radius 2 is 2.17 bits per heavy atom. The Balaban J connectivity index is 1.70. The van der Waals surface area contributed by atoms with Crippen LogP contribution in [0.4, 0.5) is 4.79 Å². The highest BCUT2D eigenvalue weighted by Gasteiger charge is 2.26. The maximum atomic E-state index is 12.0. The van der Waals surface area contributed by atoms with Gasteiger partial charge in [0.05, 0.1) is 6.54 Å². The second-order valence-corrected chi connectivity index (χ2v) is 7.99. The summed E-state index contributed by atoms with van der Waals surface area (Å²) in [4.78, 5) is 15.4. The van der Waals surface area contributed by atoms with E-state index in [9.17, 15) is 9.90 Å². The summed E-state index contributed by atoms with van der Waals surface area (Å²) in [5.41, 5.74) is -1.02. The van der Waals surface area contributed by atoms with Crippen LogP contribution in [0, 0.1) is 5.92 Å². The lowest BCUT2D eigenvalue weighted by Crippen LogP contribution is -2.50. The third-order valence-electron chi connectivity index (χ3n) is 4.19. The van der Waals surface area contributed by atoms with Crippen molar-refractivity contribution < 1.29 is 9.90 Å². The lowest BCUT2D eigenvalue weighted by atomic mass is 10.0. The van der Waals surface area contributed by atoms with E-state index in [1.54, 1.807) is 6.92 Å². The molecule has 2 heterocycles. The number of carbonyl (C=O) groups is 1. The zero-order valence-corrected chi connectivity index (χ0v) is 15.2. The maximum Gasteiger partial charge on any atom is 0.315 e. The van der Waals surface area contributed by atoms with Gasteiger partial charge in [-0.25, -0.2) is 4.79 Å². The molecule has 1 atom stereocenters. The van der Waals surface area contributed by atoms with Crippen LogP contribution in [0.25, 0.3) is 0 Å². The number of nitrogens with zero attached hydrogens (tertiary/aromatic N) is 1. The summed E-state index contributed by atoms with van der Waals surface area (Å²) < 4.78 is 0. The summed E-state index contributed by atoms with van der Waals surface area (Å²) >= 11 is 1.49. The van der Waals surface area contributed by atoms with Gasteiger partial charge in [-0.3, -0.25) is 0 Å². The number of piperidine rings is 1. The maximum absolute atomic E-state index is 12.0. The Morgan fingerprint density at radius 3 is 2.74 bits per heavy atom. The second kappa shape index (κ2) is 8.13. The number of rotatable bonds is 6. The molecule has 1 unspecified atom stereocenters. The van der Waals surface area contributed by atoms with Gasteiger partial charge in [-0.05, 0) is 37.1 Å². The smallest absolute Gasteiger partial charge is 0.315 e. The van der Waals surface area contributed by atoms with Crippen molar-refractivity contribution in [1.82, 2.24) is 15.5 Å². The number of hydrogen-bond donors (Lipinski definition) is 3.